The predicted molar refractivity (Wildman–Crippen MR) is 45.2 cm³/mol. The molecule has 0 saturated heterocycles. The van der Waals surface area contributed by atoms with Crippen molar-refractivity contribution in [3.8, 4) is 6.07 Å². The van der Waals surface area contributed by atoms with Crippen LogP contribution in [0.1, 0.15) is 27.2 Å². The molecule has 1 atom stereocenters. The highest BCUT2D eigenvalue weighted by molar-refractivity contribution is 7.75. The standard InChI is InChI=1S/C7H13NO3S/c1-4-10-12(9)11-7(2,3)5-6-8/h4-5H2,1-3H3. The van der Waals surface area contributed by atoms with E-state index in [1.807, 2.05) is 6.07 Å². The summed E-state index contributed by atoms with van der Waals surface area (Å²) in [6.07, 6.45) is 0.186. The van der Waals surface area contributed by atoms with Gasteiger partial charge in [0, 0.05) is 0 Å². The van der Waals surface area contributed by atoms with Crippen LogP contribution in [0, 0.1) is 11.3 Å². The summed E-state index contributed by atoms with van der Waals surface area (Å²) < 4.78 is 20.5. The third-order valence-electron chi connectivity index (χ3n) is 1.01. The Morgan fingerprint density at radius 2 is 2.17 bits per heavy atom. The van der Waals surface area contributed by atoms with E-state index in [2.05, 4.69) is 4.18 Å². The molecule has 0 N–H and O–H groups in total. The van der Waals surface area contributed by atoms with Gasteiger partial charge in [-0.1, -0.05) is 0 Å². The Morgan fingerprint density at radius 3 is 2.58 bits per heavy atom. The lowest BCUT2D eigenvalue weighted by molar-refractivity contribution is 0.110. The Kier molecular flexibility index (Phi) is 5.06. The summed E-state index contributed by atoms with van der Waals surface area (Å²) in [6, 6.07) is 1.94. The maximum atomic E-state index is 10.9. The summed E-state index contributed by atoms with van der Waals surface area (Å²) in [5, 5.41) is 8.37. The second kappa shape index (κ2) is 5.25. The first-order valence-corrected chi connectivity index (χ1v) is 4.63. The molecular weight excluding hydrogens is 178 g/mol. The summed E-state index contributed by atoms with van der Waals surface area (Å²) in [4.78, 5) is 0. The van der Waals surface area contributed by atoms with Crippen LogP contribution in [-0.2, 0) is 19.7 Å². The summed E-state index contributed by atoms with van der Waals surface area (Å²) in [5.41, 5.74) is -0.714. The van der Waals surface area contributed by atoms with E-state index in [-0.39, 0.29) is 6.42 Å². The first-order chi connectivity index (χ1) is 5.52. The molecule has 12 heavy (non-hydrogen) atoms. The number of nitrogens with zero attached hydrogens (tertiary/aromatic N) is 1. The van der Waals surface area contributed by atoms with Crippen molar-refractivity contribution in [2.24, 2.45) is 0 Å². The van der Waals surface area contributed by atoms with Crippen molar-refractivity contribution in [3.63, 3.8) is 0 Å². The fourth-order valence-electron chi connectivity index (χ4n) is 0.524. The first-order valence-electron chi connectivity index (χ1n) is 3.63. The van der Waals surface area contributed by atoms with Crippen LogP contribution in [0.25, 0.3) is 0 Å². The van der Waals surface area contributed by atoms with Gasteiger partial charge in [-0.25, -0.2) is 0 Å². The molecule has 0 spiro atoms. The van der Waals surface area contributed by atoms with E-state index in [0.717, 1.165) is 0 Å². The van der Waals surface area contributed by atoms with E-state index in [9.17, 15) is 4.21 Å². The van der Waals surface area contributed by atoms with Gasteiger partial charge in [-0.05, 0) is 20.8 Å². The van der Waals surface area contributed by atoms with Gasteiger partial charge in [0.15, 0.2) is 0 Å². The Labute approximate surface area is 75.3 Å². The normalized spacial score (nSPS) is 13.8. The minimum absolute atomic E-state index is 0.186. The van der Waals surface area contributed by atoms with Gasteiger partial charge >= 0.3 is 11.4 Å². The van der Waals surface area contributed by atoms with Crippen molar-refractivity contribution in [2.45, 2.75) is 32.8 Å². The molecule has 70 valence electrons. The van der Waals surface area contributed by atoms with Gasteiger partial charge in [-0.2, -0.15) is 9.47 Å². The van der Waals surface area contributed by atoms with Crippen LogP contribution in [0.15, 0.2) is 0 Å². The summed E-state index contributed by atoms with van der Waals surface area (Å²) >= 11 is -1.74. The molecule has 0 rings (SSSR count). The quantitative estimate of drug-likeness (QED) is 0.657. The first kappa shape index (κ1) is 11.6. The third kappa shape index (κ3) is 5.24. The SMILES string of the molecule is CCOS(=O)OC(C)(C)CC#N. The van der Waals surface area contributed by atoms with Gasteiger partial charge in [0.2, 0.25) is 0 Å². The van der Waals surface area contributed by atoms with Crippen LogP contribution in [0.3, 0.4) is 0 Å². The Balaban J connectivity index is 3.89. The lowest BCUT2D eigenvalue weighted by Gasteiger charge is -2.19. The molecule has 0 aromatic heterocycles. The van der Waals surface area contributed by atoms with E-state index in [0.29, 0.717) is 6.61 Å². The molecule has 0 amide bonds. The van der Waals surface area contributed by atoms with Crippen LogP contribution >= 0.6 is 0 Å². The number of hydrogen-bond donors (Lipinski definition) is 0. The average molecular weight is 191 g/mol. The maximum absolute atomic E-state index is 10.9. The molecule has 0 aliphatic heterocycles. The van der Waals surface area contributed by atoms with E-state index >= 15 is 0 Å². The zero-order valence-corrected chi connectivity index (χ0v) is 8.31. The molecule has 0 aliphatic rings. The van der Waals surface area contributed by atoms with Gasteiger partial charge < -0.3 is 0 Å². The van der Waals surface area contributed by atoms with E-state index in [1.165, 1.54) is 0 Å². The fourth-order valence-corrected chi connectivity index (χ4v) is 1.19. The predicted octanol–water partition coefficient (Wildman–Crippen LogP) is 1.31. The fraction of sp³-hybridized carbons (Fsp3) is 0.857. The zero-order chi connectivity index (χ0) is 9.61. The molecule has 0 aromatic carbocycles. The average Bonchev–Trinajstić information content (AvgIpc) is 1.85. The molecule has 0 aromatic rings. The van der Waals surface area contributed by atoms with Crippen molar-refractivity contribution < 1.29 is 12.6 Å². The lowest BCUT2D eigenvalue weighted by Crippen LogP contribution is -2.25. The van der Waals surface area contributed by atoms with Crippen LogP contribution in [0.5, 0.6) is 0 Å². The topological polar surface area (TPSA) is 59.3 Å². The monoisotopic (exact) mass is 191 g/mol. The second-order valence-corrected chi connectivity index (χ2v) is 3.60. The second-order valence-electron chi connectivity index (χ2n) is 2.79. The molecule has 1 unspecified atom stereocenters. The lowest BCUT2D eigenvalue weighted by atomic mass is 10.1. The molecule has 0 saturated carbocycles. The van der Waals surface area contributed by atoms with Crippen molar-refractivity contribution in [2.75, 3.05) is 6.61 Å². The maximum Gasteiger partial charge on any atom is 0.305 e. The van der Waals surface area contributed by atoms with Crippen LogP contribution in [0.4, 0.5) is 0 Å². The highest BCUT2D eigenvalue weighted by Gasteiger charge is 2.22. The molecule has 4 nitrogen and oxygen atoms in total. The summed E-state index contributed by atoms with van der Waals surface area (Å²) in [7, 11) is 0. The van der Waals surface area contributed by atoms with Gasteiger partial charge in [0.25, 0.3) is 0 Å². The Hall–Kier alpha value is -0.440. The molecule has 5 heteroatoms. The summed E-state index contributed by atoms with van der Waals surface area (Å²) in [5.74, 6) is 0. The van der Waals surface area contributed by atoms with Crippen LogP contribution < -0.4 is 0 Å². The van der Waals surface area contributed by atoms with Gasteiger partial charge in [0.05, 0.1) is 24.7 Å². The van der Waals surface area contributed by atoms with Crippen LogP contribution in [0.2, 0.25) is 0 Å². The molecule has 0 heterocycles. The van der Waals surface area contributed by atoms with Crippen molar-refractivity contribution in [1.29, 1.82) is 5.26 Å². The highest BCUT2D eigenvalue weighted by Crippen LogP contribution is 2.15. The smallest absolute Gasteiger partial charge is 0.269 e. The van der Waals surface area contributed by atoms with Crippen molar-refractivity contribution in [1.82, 2.24) is 0 Å². The Bertz CT molecular complexity index is 197. The molecule has 0 bridgehead atoms. The van der Waals surface area contributed by atoms with Crippen molar-refractivity contribution in [3.05, 3.63) is 0 Å². The largest absolute Gasteiger partial charge is 0.305 e. The molecule has 0 fully saturated rings. The van der Waals surface area contributed by atoms with E-state index < -0.39 is 17.0 Å². The third-order valence-corrected chi connectivity index (χ3v) is 2.03. The minimum Gasteiger partial charge on any atom is -0.269 e. The molecule has 0 aliphatic carbocycles. The number of nitriles is 1. The van der Waals surface area contributed by atoms with Gasteiger partial charge in [-0.3, -0.25) is 8.37 Å². The summed E-state index contributed by atoms with van der Waals surface area (Å²) in [6.45, 7) is 5.42. The van der Waals surface area contributed by atoms with Crippen LogP contribution in [-0.4, -0.2) is 16.4 Å². The zero-order valence-electron chi connectivity index (χ0n) is 7.49. The highest BCUT2D eigenvalue weighted by atomic mass is 32.2. The minimum atomic E-state index is -1.74. The molecule has 0 radical (unpaired) electrons. The van der Waals surface area contributed by atoms with Crippen molar-refractivity contribution >= 4 is 11.4 Å². The van der Waals surface area contributed by atoms with Gasteiger partial charge in [0.1, 0.15) is 0 Å². The van der Waals surface area contributed by atoms with Gasteiger partial charge in [-0.15, -0.1) is 0 Å². The number of hydrogen-bond acceptors (Lipinski definition) is 4. The van der Waals surface area contributed by atoms with E-state index in [1.54, 1.807) is 20.8 Å². The van der Waals surface area contributed by atoms with E-state index in [4.69, 9.17) is 9.44 Å². The Morgan fingerprint density at radius 1 is 1.58 bits per heavy atom. The number of rotatable bonds is 5. The molecular formula is C7H13NO3S.